The Morgan fingerprint density at radius 2 is 2.16 bits per heavy atom. The second-order valence-electron chi connectivity index (χ2n) is 5.81. The maximum absolute atomic E-state index is 11.4. The van der Waals surface area contributed by atoms with Crippen molar-refractivity contribution in [3.63, 3.8) is 0 Å². The van der Waals surface area contributed by atoms with E-state index in [4.69, 9.17) is 4.74 Å². The molecule has 19 heavy (non-hydrogen) atoms. The predicted molar refractivity (Wildman–Crippen MR) is 75.9 cm³/mol. The summed E-state index contributed by atoms with van der Waals surface area (Å²) in [5.74, 6) is -0.126. The maximum atomic E-state index is 11.4. The van der Waals surface area contributed by atoms with Gasteiger partial charge in [0.25, 0.3) is 0 Å². The second-order valence-corrected chi connectivity index (χ2v) is 5.81. The lowest BCUT2D eigenvalue weighted by molar-refractivity contribution is -0.143. The van der Waals surface area contributed by atoms with E-state index in [0.29, 0.717) is 25.6 Å². The quantitative estimate of drug-likeness (QED) is 0.828. The summed E-state index contributed by atoms with van der Waals surface area (Å²) in [6.07, 6.45) is 1.52. The van der Waals surface area contributed by atoms with E-state index in [2.05, 4.69) is 43.4 Å². The number of rotatable bonds is 5. The van der Waals surface area contributed by atoms with Gasteiger partial charge in [-0.05, 0) is 29.9 Å². The number of carbonyl (C=O) groups is 1. The van der Waals surface area contributed by atoms with Crippen LogP contribution in [0.2, 0.25) is 0 Å². The lowest BCUT2D eigenvalue weighted by atomic mass is 9.85. The van der Waals surface area contributed by atoms with Crippen LogP contribution in [0.1, 0.15) is 44.4 Å². The first-order valence-corrected chi connectivity index (χ1v) is 7.01. The number of ether oxygens (including phenoxy) is 1. The molecule has 1 atom stereocenters. The summed E-state index contributed by atoms with van der Waals surface area (Å²) < 4.78 is 4.95. The predicted octanol–water partition coefficient (Wildman–Crippen LogP) is 2.85. The molecule has 0 radical (unpaired) electrons. The number of carbonyl (C=O) groups excluding carboxylic acids is 1. The average Bonchev–Trinajstić information content (AvgIpc) is 2.60. The molecule has 0 heterocycles. The Balaban J connectivity index is 1.97. The zero-order valence-corrected chi connectivity index (χ0v) is 12.0. The minimum Gasteiger partial charge on any atom is -0.466 e. The molecule has 0 saturated heterocycles. The number of esters is 1. The van der Waals surface area contributed by atoms with Gasteiger partial charge in [-0.25, -0.2) is 0 Å². The Kier molecular flexibility index (Phi) is 4.25. The third-order valence-electron chi connectivity index (χ3n) is 3.78. The summed E-state index contributed by atoms with van der Waals surface area (Å²) >= 11 is 0. The first kappa shape index (κ1) is 14.1. The SMILES string of the molecule is CCOC(=O)CCNC1c2ccccc2CC1(C)C. The highest BCUT2D eigenvalue weighted by molar-refractivity contribution is 5.69. The third-order valence-corrected chi connectivity index (χ3v) is 3.78. The van der Waals surface area contributed by atoms with Crippen LogP contribution < -0.4 is 5.32 Å². The highest BCUT2D eigenvalue weighted by Gasteiger charge is 2.38. The lowest BCUT2D eigenvalue weighted by Gasteiger charge is -2.28. The number of fused-ring (bicyclic) bond motifs is 1. The molecule has 2 rings (SSSR count). The van der Waals surface area contributed by atoms with E-state index in [1.807, 2.05) is 6.92 Å². The van der Waals surface area contributed by atoms with Crippen LogP contribution in [0.25, 0.3) is 0 Å². The van der Waals surface area contributed by atoms with Crippen molar-refractivity contribution in [1.82, 2.24) is 5.32 Å². The highest BCUT2D eigenvalue weighted by atomic mass is 16.5. The first-order valence-electron chi connectivity index (χ1n) is 7.01. The zero-order valence-electron chi connectivity index (χ0n) is 12.0. The molecular formula is C16H23NO2. The summed E-state index contributed by atoms with van der Waals surface area (Å²) in [5.41, 5.74) is 2.98. The highest BCUT2D eigenvalue weighted by Crippen LogP contribution is 2.44. The smallest absolute Gasteiger partial charge is 0.307 e. The van der Waals surface area contributed by atoms with Crippen molar-refractivity contribution in [2.24, 2.45) is 5.41 Å². The van der Waals surface area contributed by atoms with Gasteiger partial charge in [0.2, 0.25) is 0 Å². The molecule has 1 aliphatic rings. The lowest BCUT2D eigenvalue weighted by Crippen LogP contribution is -2.32. The van der Waals surface area contributed by atoms with Gasteiger partial charge >= 0.3 is 5.97 Å². The standard InChI is InChI=1S/C16H23NO2/c1-4-19-14(18)9-10-17-15-13-8-6-5-7-12(13)11-16(15,2)3/h5-8,15,17H,4,9-11H2,1-3H3. The van der Waals surface area contributed by atoms with Crippen LogP contribution in [-0.2, 0) is 16.0 Å². The Morgan fingerprint density at radius 3 is 2.89 bits per heavy atom. The molecule has 1 unspecified atom stereocenters. The van der Waals surface area contributed by atoms with Gasteiger partial charge in [0.15, 0.2) is 0 Å². The van der Waals surface area contributed by atoms with Crippen LogP contribution in [0.4, 0.5) is 0 Å². The van der Waals surface area contributed by atoms with Crippen LogP contribution in [0.3, 0.4) is 0 Å². The van der Waals surface area contributed by atoms with E-state index >= 15 is 0 Å². The van der Waals surface area contributed by atoms with Gasteiger partial charge < -0.3 is 10.1 Å². The molecule has 1 aromatic rings. The molecule has 0 aliphatic heterocycles. The van der Waals surface area contributed by atoms with Gasteiger partial charge in [-0.15, -0.1) is 0 Å². The molecule has 3 heteroatoms. The van der Waals surface area contributed by atoms with Crippen molar-refractivity contribution >= 4 is 5.97 Å². The normalized spacial score (nSPS) is 20.1. The molecule has 1 aromatic carbocycles. The molecule has 0 amide bonds. The summed E-state index contributed by atoms with van der Waals surface area (Å²) in [6, 6.07) is 8.88. The molecular weight excluding hydrogens is 238 g/mol. The fourth-order valence-electron chi connectivity index (χ4n) is 2.93. The topological polar surface area (TPSA) is 38.3 Å². The Bertz CT molecular complexity index is 454. The third kappa shape index (κ3) is 3.16. The van der Waals surface area contributed by atoms with Gasteiger partial charge in [0.05, 0.1) is 13.0 Å². The van der Waals surface area contributed by atoms with E-state index in [9.17, 15) is 4.79 Å². The van der Waals surface area contributed by atoms with Gasteiger partial charge in [-0.1, -0.05) is 38.1 Å². The van der Waals surface area contributed by atoms with E-state index in [1.165, 1.54) is 11.1 Å². The molecule has 3 nitrogen and oxygen atoms in total. The van der Waals surface area contributed by atoms with E-state index < -0.39 is 0 Å². The molecule has 0 spiro atoms. The fraction of sp³-hybridized carbons (Fsp3) is 0.562. The van der Waals surface area contributed by atoms with Crippen molar-refractivity contribution in [2.45, 2.75) is 39.7 Å². The van der Waals surface area contributed by atoms with Crippen molar-refractivity contribution < 1.29 is 9.53 Å². The van der Waals surface area contributed by atoms with Crippen LogP contribution in [0.5, 0.6) is 0 Å². The molecule has 0 fully saturated rings. The number of hydrogen-bond acceptors (Lipinski definition) is 3. The number of benzene rings is 1. The minimum atomic E-state index is -0.126. The molecule has 0 bridgehead atoms. The van der Waals surface area contributed by atoms with Crippen molar-refractivity contribution in [3.05, 3.63) is 35.4 Å². The molecule has 0 saturated carbocycles. The molecule has 0 aromatic heterocycles. The minimum absolute atomic E-state index is 0.126. The fourth-order valence-corrected chi connectivity index (χ4v) is 2.93. The molecule has 1 aliphatic carbocycles. The number of hydrogen-bond donors (Lipinski definition) is 1. The Morgan fingerprint density at radius 1 is 1.42 bits per heavy atom. The van der Waals surface area contributed by atoms with Gasteiger partial charge in [-0.3, -0.25) is 4.79 Å². The van der Waals surface area contributed by atoms with Gasteiger partial charge in [0, 0.05) is 12.6 Å². The largest absolute Gasteiger partial charge is 0.466 e. The van der Waals surface area contributed by atoms with Crippen LogP contribution in [0, 0.1) is 5.41 Å². The van der Waals surface area contributed by atoms with Crippen molar-refractivity contribution in [1.29, 1.82) is 0 Å². The Labute approximate surface area is 115 Å². The first-order chi connectivity index (χ1) is 9.04. The zero-order chi connectivity index (χ0) is 13.9. The van der Waals surface area contributed by atoms with Gasteiger partial charge in [-0.2, -0.15) is 0 Å². The summed E-state index contributed by atoms with van der Waals surface area (Å²) in [6.45, 7) is 7.50. The van der Waals surface area contributed by atoms with Crippen molar-refractivity contribution in [2.75, 3.05) is 13.2 Å². The second kappa shape index (κ2) is 5.74. The molecule has 1 N–H and O–H groups in total. The monoisotopic (exact) mass is 261 g/mol. The van der Waals surface area contributed by atoms with E-state index in [0.717, 1.165) is 6.42 Å². The summed E-state index contributed by atoms with van der Waals surface area (Å²) in [4.78, 5) is 11.4. The Hall–Kier alpha value is -1.35. The van der Waals surface area contributed by atoms with Crippen LogP contribution in [-0.4, -0.2) is 19.1 Å². The van der Waals surface area contributed by atoms with Crippen LogP contribution >= 0.6 is 0 Å². The average molecular weight is 261 g/mol. The summed E-state index contributed by atoms with van der Waals surface area (Å²) in [5, 5.41) is 3.52. The summed E-state index contributed by atoms with van der Waals surface area (Å²) in [7, 11) is 0. The van der Waals surface area contributed by atoms with Crippen molar-refractivity contribution in [3.8, 4) is 0 Å². The number of nitrogens with one attached hydrogen (secondary N) is 1. The van der Waals surface area contributed by atoms with Crippen LogP contribution in [0.15, 0.2) is 24.3 Å². The van der Waals surface area contributed by atoms with Gasteiger partial charge in [0.1, 0.15) is 0 Å². The maximum Gasteiger partial charge on any atom is 0.307 e. The molecule has 104 valence electrons. The van der Waals surface area contributed by atoms with E-state index in [1.54, 1.807) is 0 Å². The van der Waals surface area contributed by atoms with E-state index in [-0.39, 0.29) is 11.4 Å².